The first kappa shape index (κ1) is 16.2. The van der Waals surface area contributed by atoms with Crippen molar-refractivity contribution in [2.75, 3.05) is 39.0 Å². The van der Waals surface area contributed by atoms with Crippen molar-refractivity contribution in [1.82, 2.24) is 14.8 Å². The maximum absolute atomic E-state index is 12.8. The summed E-state index contributed by atoms with van der Waals surface area (Å²) in [6, 6.07) is 2.15. The average Bonchev–Trinajstić information content (AvgIpc) is 2.48. The summed E-state index contributed by atoms with van der Waals surface area (Å²) in [5, 5.41) is 3.16. The number of hydrogen-bond acceptors (Lipinski definition) is 4. The molecule has 1 aliphatic rings. The summed E-state index contributed by atoms with van der Waals surface area (Å²) in [5.41, 5.74) is 0.632. The largest absolute Gasteiger partial charge is 0.370 e. The molecule has 0 unspecified atom stereocenters. The number of pyridine rings is 1. The van der Waals surface area contributed by atoms with E-state index in [2.05, 4.69) is 38.2 Å². The smallest absolute Gasteiger partial charge is 0.257 e. The first-order valence-electron chi connectivity index (χ1n) is 7.38. The number of nitrogens with one attached hydrogen (secondary N) is 1. The highest BCUT2D eigenvalue weighted by Gasteiger charge is 2.26. The Morgan fingerprint density at radius 1 is 1.52 bits per heavy atom. The first-order chi connectivity index (χ1) is 10.0. The van der Waals surface area contributed by atoms with E-state index in [1.807, 2.05) is 24.9 Å². The summed E-state index contributed by atoms with van der Waals surface area (Å²) in [6.07, 6.45) is 3.76. The fourth-order valence-corrected chi connectivity index (χ4v) is 2.98. The van der Waals surface area contributed by atoms with Crippen molar-refractivity contribution in [3.05, 3.63) is 22.3 Å². The van der Waals surface area contributed by atoms with E-state index in [-0.39, 0.29) is 5.91 Å². The van der Waals surface area contributed by atoms with E-state index < -0.39 is 0 Å². The van der Waals surface area contributed by atoms with E-state index in [1.165, 1.54) is 0 Å². The second kappa shape index (κ2) is 7.22. The molecule has 1 amide bonds. The number of likely N-dealkylation sites (tertiary alicyclic amines) is 1. The third-order valence-corrected chi connectivity index (χ3v) is 4.42. The van der Waals surface area contributed by atoms with Crippen LogP contribution >= 0.6 is 15.9 Å². The molecule has 2 rings (SSSR count). The molecule has 0 saturated carbocycles. The number of nitrogens with zero attached hydrogens (tertiary/aromatic N) is 3. The fraction of sp³-hybridized carbons (Fsp3) is 0.600. The van der Waals surface area contributed by atoms with Crippen LogP contribution in [0, 0.1) is 0 Å². The Hall–Kier alpha value is -1.14. The van der Waals surface area contributed by atoms with Gasteiger partial charge in [-0.3, -0.25) is 4.79 Å². The number of halogens is 1. The lowest BCUT2D eigenvalue weighted by Gasteiger charge is -2.35. The Balaban J connectivity index is 2.16. The molecule has 1 fully saturated rings. The van der Waals surface area contributed by atoms with Crippen LogP contribution in [0.25, 0.3) is 0 Å². The molecule has 0 aliphatic carbocycles. The number of rotatable bonds is 4. The summed E-state index contributed by atoms with van der Waals surface area (Å²) in [4.78, 5) is 21.3. The molecule has 0 aromatic carbocycles. The second-order valence-corrected chi connectivity index (χ2v) is 6.45. The van der Waals surface area contributed by atoms with E-state index in [9.17, 15) is 4.79 Å². The minimum absolute atomic E-state index is 0.0364. The van der Waals surface area contributed by atoms with Gasteiger partial charge in [-0.05, 0) is 61.9 Å². The van der Waals surface area contributed by atoms with Gasteiger partial charge in [0.15, 0.2) is 0 Å². The number of carbonyl (C=O) groups is 1. The third-order valence-electron chi connectivity index (χ3n) is 3.99. The molecule has 0 atom stereocenters. The molecule has 0 spiro atoms. The van der Waals surface area contributed by atoms with E-state index in [4.69, 9.17) is 0 Å². The van der Waals surface area contributed by atoms with Crippen LogP contribution in [-0.4, -0.2) is 60.5 Å². The van der Waals surface area contributed by atoms with E-state index >= 15 is 0 Å². The lowest BCUT2D eigenvalue weighted by molar-refractivity contribution is 0.0660. The number of anilines is 1. The van der Waals surface area contributed by atoms with Gasteiger partial charge in [0.25, 0.3) is 5.91 Å². The van der Waals surface area contributed by atoms with Gasteiger partial charge in [0, 0.05) is 30.3 Å². The van der Waals surface area contributed by atoms with Crippen molar-refractivity contribution in [3.63, 3.8) is 0 Å². The van der Waals surface area contributed by atoms with Gasteiger partial charge in [0.05, 0.1) is 5.56 Å². The molecule has 1 aromatic heterocycles. The van der Waals surface area contributed by atoms with Crippen LogP contribution < -0.4 is 5.32 Å². The molecule has 1 saturated heterocycles. The van der Waals surface area contributed by atoms with Gasteiger partial charge < -0.3 is 15.1 Å². The van der Waals surface area contributed by atoms with Crippen LogP contribution in [0.3, 0.4) is 0 Å². The van der Waals surface area contributed by atoms with Crippen LogP contribution in [0.15, 0.2) is 16.7 Å². The Labute approximate surface area is 134 Å². The Morgan fingerprint density at radius 2 is 2.19 bits per heavy atom. The molecule has 0 radical (unpaired) electrons. The summed E-state index contributed by atoms with van der Waals surface area (Å²) in [7, 11) is 4.02. The van der Waals surface area contributed by atoms with Crippen LogP contribution in [0.5, 0.6) is 0 Å². The van der Waals surface area contributed by atoms with Crippen molar-refractivity contribution < 1.29 is 4.79 Å². The lowest BCUT2D eigenvalue weighted by Crippen LogP contribution is -2.44. The maximum Gasteiger partial charge on any atom is 0.257 e. The number of hydrogen-bond donors (Lipinski definition) is 1. The minimum Gasteiger partial charge on any atom is -0.370 e. The van der Waals surface area contributed by atoms with Gasteiger partial charge in [0.1, 0.15) is 5.82 Å². The van der Waals surface area contributed by atoms with Gasteiger partial charge in [-0.1, -0.05) is 0 Å². The zero-order valence-electron chi connectivity index (χ0n) is 12.9. The van der Waals surface area contributed by atoms with Crippen molar-refractivity contribution in [1.29, 1.82) is 0 Å². The van der Waals surface area contributed by atoms with Gasteiger partial charge >= 0.3 is 0 Å². The molecule has 5 nitrogen and oxygen atoms in total. The van der Waals surface area contributed by atoms with Crippen molar-refractivity contribution in [2.24, 2.45) is 0 Å². The predicted octanol–water partition coefficient (Wildman–Crippen LogP) is 2.44. The maximum atomic E-state index is 12.8. The van der Waals surface area contributed by atoms with Gasteiger partial charge in [0.2, 0.25) is 0 Å². The third kappa shape index (κ3) is 3.95. The molecule has 2 heterocycles. The highest BCUT2D eigenvalue weighted by molar-refractivity contribution is 9.10. The summed E-state index contributed by atoms with van der Waals surface area (Å²) < 4.78 is 0.823. The highest BCUT2D eigenvalue weighted by atomic mass is 79.9. The summed E-state index contributed by atoms with van der Waals surface area (Å²) in [6.45, 7) is 4.82. The number of amides is 1. The molecule has 116 valence electrons. The SMILES string of the molecule is CCNc1ncc(Br)cc1C(=O)N(C)C1CCN(C)CC1. The average molecular weight is 355 g/mol. The van der Waals surface area contributed by atoms with Gasteiger partial charge in [-0.15, -0.1) is 0 Å². The standard InChI is InChI=1S/C15H23BrN4O/c1-4-17-14-13(9-11(16)10-18-14)15(21)20(3)12-5-7-19(2)8-6-12/h9-10,12H,4-8H2,1-3H3,(H,17,18). The van der Waals surface area contributed by atoms with Crippen molar-refractivity contribution >= 4 is 27.7 Å². The number of aromatic nitrogens is 1. The van der Waals surface area contributed by atoms with Crippen LogP contribution in [-0.2, 0) is 0 Å². The molecule has 0 bridgehead atoms. The van der Waals surface area contributed by atoms with E-state index in [1.54, 1.807) is 6.20 Å². The summed E-state index contributed by atoms with van der Waals surface area (Å²) >= 11 is 3.40. The topological polar surface area (TPSA) is 48.5 Å². The fourth-order valence-electron chi connectivity index (χ4n) is 2.65. The second-order valence-electron chi connectivity index (χ2n) is 5.53. The molecule has 21 heavy (non-hydrogen) atoms. The number of carbonyl (C=O) groups excluding carboxylic acids is 1. The lowest BCUT2D eigenvalue weighted by atomic mass is 10.0. The van der Waals surface area contributed by atoms with E-state index in [0.29, 0.717) is 17.4 Å². The Kier molecular flexibility index (Phi) is 5.58. The minimum atomic E-state index is 0.0364. The number of piperidine rings is 1. The zero-order chi connectivity index (χ0) is 15.4. The zero-order valence-corrected chi connectivity index (χ0v) is 14.5. The van der Waals surface area contributed by atoms with Gasteiger partial charge in [-0.25, -0.2) is 4.98 Å². The molecule has 1 N–H and O–H groups in total. The highest BCUT2D eigenvalue weighted by Crippen LogP contribution is 2.22. The van der Waals surface area contributed by atoms with E-state index in [0.717, 1.165) is 36.9 Å². The molecular weight excluding hydrogens is 332 g/mol. The quantitative estimate of drug-likeness (QED) is 0.901. The Morgan fingerprint density at radius 3 is 2.81 bits per heavy atom. The predicted molar refractivity (Wildman–Crippen MR) is 88.7 cm³/mol. The monoisotopic (exact) mass is 354 g/mol. The van der Waals surface area contributed by atoms with Crippen molar-refractivity contribution in [2.45, 2.75) is 25.8 Å². The van der Waals surface area contributed by atoms with Crippen LogP contribution in [0.1, 0.15) is 30.1 Å². The Bertz CT molecular complexity index is 500. The van der Waals surface area contributed by atoms with Crippen LogP contribution in [0.4, 0.5) is 5.82 Å². The normalized spacial score (nSPS) is 16.8. The molecule has 1 aromatic rings. The van der Waals surface area contributed by atoms with Crippen LogP contribution in [0.2, 0.25) is 0 Å². The molecule has 6 heteroatoms. The van der Waals surface area contributed by atoms with Gasteiger partial charge in [-0.2, -0.15) is 0 Å². The first-order valence-corrected chi connectivity index (χ1v) is 8.17. The molecular formula is C15H23BrN4O. The van der Waals surface area contributed by atoms with Crippen molar-refractivity contribution in [3.8, 4) is 0 Å². The summed E-state index contributed by atoms with van der Waals surface area (Å²) in [5.74, 6) is 0.694. The molecule has 1 aliphatic heterocycles.